The average molecular weight is 324 g/mol. The molecular formula is C15H20N2O2S2. The average Bonchev–Trinajstić information content (AvgIpc) is 2.91. The van der Waals surface area contributed by atoms with E-state index in [-0.39, 0.29) is 17.3 Å². The second-order valence-corrected chi connectivity index (χ2v) is 7.48. The van der Waals surface area contributed by atoms with Gasteiger partial charge in [0.15, 0.2) is 6.61 Å². The van der Waals surface area contributed by atoms with Gasteiger partial charge in [-0.1, -0.05) is 12.2 Å². The highest BCUT2D eigenvalue weighted by Crippen LogP contribution is 2.36. The monoisotopic (exact) mass is 324 g/mol. The topological polar surface area (TPSA) is 64.3 Å². The molecule has 4 nitrogen and oxygen atoms in total. The highest BCUT2D eigenvalue weighted by Gasteiger charge is 2.29. The minimum Gasteiger partial charge on any atom is -0.484 e. The van der Waals surface area contributed by atoms with Crippen LogP contribution in [0.3, 0.4) is 0 Å². The maximum Gasteiger partial charge on any atom is 0.257 e. The number of thioether (sulfide) groups is 1. The molecule has 1 aromatic carbocycles. The molecule has 6 heteroatoms. The summed E-state index contributed by atoms with van der Waals surface area (Å²) in [5.74, 6) is 1.71. The van der Waals surface area contributed by atoms with E-state index in [1.54, 1.807) is 24.3 Å². The standard InChI is InChI=1S/C15H20N2O2S2/c1-15(7-2-8-21-15)10-17-13(18)9-19-12-5-3-11(4-6-12)14(16)20/h3-6H,2,7-10H2,1H3,(H2,16,20)(H,17,18). The number of hydrogen-bond acceptors (Lipinski definition) is 4. The molecule has 2 rings (SSSR count). The van der Waals surface area contributed by atoms with Gasteiger partial charge < -0.3 is 15.8 Å². The van der Waals surface area contributed by atoms with Crippen molar-refractivity contribution in [2.75, 3.05) is 18.9 Å². The smallest absolute Gasteiger partial charge is 0.257 e. The van der Waals surface area contributed by atoms with Gasteiger partial charge in [-0.05, 0) is 49.8 Å². The predicted octanol–water partition coefficient (Wildman–Crippen LogP) is 2.10. The zero-order valence-electron chi connectivity index (χ0n) is 12.1. The molecule has 1 saturated heterocycles. The van der Waals surface area contributed by atoms with E-state index in [1.165, 1.54) is 12.2 Å². The molecule has 1 aliphatic heterocycles. The summed E-state index contributed by atoms with van der Waals surface area (Å²) < 4.78 is 5.62. The minimum atomic E-state index is -0.0952. The Labute approximate surface area is 134 Å². The molecule has 21 heavy (non-hydrogen) atoms. The lowest BCUT2D eigenvalue weighted by atomic mass is 10.1. The van der Waals surface area contributed by atoms with Crippen LogP contribution in [0.25, 0.3) is 0 Å². The Kier molecular flexibility index (Phi) is 5.47. The van der Waals surface area contributed by atoms with Crippen LogP contribution in [0.5, 0.6) is 5.75 Å². The normalized spacial score (nSPS) is 21.0. The summed E-state index contributed by atoms with van der Waals surface area (Å²) in [7, 11) is 0. The maximum atomic E-state index is 11.8. The second-order valence-electron chi connectivity index (χ2n) is 5.36. The molecule has 1 aromatic rings. The SMILES string of the molecule is CC1(CNC(=O)COc2ccc(C(N)=S)cc2)CCCS1. The summed E-state index contributed by atoms with van der Waals surface area (Å²) >= 11 is 6.81. The molecule has 114 valence electrons. The largest absolute Gasteiger partial charge is 0.484 e. The summed E-state index contributed by atoms with van der Waals surface area (Å²) in [6.45, 7) is 2.91. The molecular weight excluding hydrogens is 304 g/mol. The fraction of sp³-hybridized carbons (Fsp3) is 0.467. The van der Waals surface area contributed by atoms with E-state index in [2.05, 4.69) is 12.2 Å². The maximum absolute atomic E-state index is 11.8. The number of carbonyl (C=O) groups excluding carboxylic acids is 1. The van der Waals surface area contributed by atoms with Gasteiger partial charge >= 0.3 is 0 Å². The van der Waals surface area contributed by atoms with E-state index in [0.717, 1.165) is 12.0 Å². The van der Waals surface area contributed by atoms with Gasteiger partial charge in [-0.25, -0.2) is 0 Å². The molecule has 1 fully saturated rings. The first-order chi connectivity index (χ1) is 9.98. The Morgan fingerprint density at radius 1 is 1.48 bits per heavy atom. The van der Waals surface area contributed by atoms with Crippen molar-refractivity contribution in [1.29, 1.82) is 0 Å². The molecule has 0 aromatic heterocycles. The molecule has 1 unspecified atom stereocenters. The van der Waals surface area contributed by atoms with Crippen molar-refractivity contribution in [3.8, 4) is 5.75 Å². The Morgan fingerprint density at radius 2 is 2.19 bits per heavy atom. The highest BCUT2D eigenvalue weighted by atomic mass is 32.2. The van der Waals surface area contributed by atoms with Crippen molar-refractivity contribution >= 4 is 34.9 Å². The lowest BCUT2D eigenvalue weighted by Gasteiger charge is -2.22. The van der Waals surface area contributed by atoms with E-state index in [0.29, 0.717) is 17.3 Å². The van der Waals surface area contributed by atoms with Crippen molar-refractivity contribution in [1.82, 2.24) is 5.32 Å². The van der Waals surface area contributed by atoms with E-state index in [1.807, 2.05) is 11.8 Å². The minimum absolute atomic E-state index is 0.0210. The van der Waals surface area contributed by atoms with Crippen molar-refractivity contribution < 1.29 is 9.53 Å². The fourth-order valence-electron chi connectivity index (χ4n) is 2.18. The van der Waals surface area contributed by atoms with Gasteiger partial charge in [0.05, 0.1) is 0 Å². The Morgan fingerprint density at radius 3 is 2.76 bits per heavy atom. The number of hydrogen-bond donors (Lipinski definition) is 2. The molecule has 0 bridgehead atoms. The summed E-state index contributed by atoms with van der Waals surface area (Å²) in [6, 6.07) is 7.09. The van der Waals surface area contributed by atoms with Gasteiger partial charge in [-0.3, -0.25) is 4.79 Å². The number of ether oxygens (including phenoxy) is 1. The van der Waals surface area contributed by atoms with Crippen LogP contribution in [-0.4, -0.2) is 34.5 Å². The zero-order chi connectivity index (χ0) is 15.3. The van der Waals surface area contributed by atoms with Crippen molar-refractivity contribution in [2.24, 2.45) is 5.73 Å². The lowest BCUT2D eigenvalue weighted by molar-refractivity contribution is -0.123. The van der Waals surface area contributed by atoms with Crippen LogP contribution in [0.4, 0.5) is 0 Å². The lowest BCUT2D eigenvalue weighted by Crippen LogP contribution is -2.39. The van der Waals surface area contributed by atoms with E-state index in [9.17, 15) is 4.79 Å². The van der Waals surface area contributed by atoms with E-state index < -0.39 is 0 Å². The first-order valence-corrected chi connectivity index (χ1v) is 8.31. The number of carbonyl (C=O) groups is 1. The number of nitrogens with two attached hydrogens (primary N) is 1. The predicted molar refractivity (Wildman–Crippen MR) is 90.9 cm³/mol. The number of nitrogens with one attached hydrogen (secondary N) is 1. The van der Waals surface area contributed by atoms with Gasteiger partial charge in [0, 0.05) is 16.9 Å². The third kappa shape index (κ3) is 4.89. The van der Waals surface area contributed by atoms with E-state index in [4.69, 9.17) is 22.7 Å². The number of benzene rings is 1. The fourth-order valence-corrected chi connectivity index (χ4v) is 3.56. The zero-order valence-corrected chi connectivity index (χ0v) is 13.7. The van der Waals surface area contributed by atoms with Crippen LogP contribution < -0.4 is 15.8 Å². The van der Waals surface area contributed by atoms with Crippen LogP contribution in [0.15, 0.2) is 24.3 Å². The molecule has 0 saturated carbocycles. The van der Waals surface area contributed by atoms with Crippen LogP contribution >= 0.6 is 24.0 Å². The van der Waals surface area contributed by atoms with Gasteiger partial charge in [0.2, 0.25) is 0 Å². The summed E-state index contributed by atoms with van der Waals surface area (Å²) in [4.78, 5) is 12.2. The van der Waals surface area contributed by atoms with Crippen molar-refractivity contribution in [2.45, 2.75) is 24.5 Å². The molecule has 1 amide bonds. The molecule has 0 aliphatic carbocycles. The first kappa shape index (κ1) is 16.1. The first-order valence-electron chi connectivity index (χ1n) is 6.92. The van der Waals surface area contributed by atoms with Gasteiger partial charge in [0.1, 0.15) is 10.7 Å². The van der Waals surface area contributed by atoms with Crippen LogP contribution in [-0.2, 0) is 4.79 Å². The second kappa shape index (κ2) is 7.13. The Balaban J connectivity index is 1.74. The third-order valence-electron chi connectivity index (χ3n) is 3.47. The summed E-state index contributed by atoms with van der Waals surface area (Å²) in [6.07, 6.45) is 2.38. The number of rotatable bonds is 6. The Hall–Kier alpha value is -1.27. The van der Waals surface area contributed by atoms with Crippen LogP contribution in [0.1, 0.15) is 25.3 Å². The van der Waals surface area contributed by atoms with Crippen LogP contribution in [0.2, 0.25) is 0 Å². The third-order valence-corrected chi connectivity index (χ3v) is 5.24. The van der Waals surface area contributed by atoms with Gasteiger partial charge in [-0.15, -0.1) is 0 Å². The molecule has 0 spiro atoms. The van der Waals surface area contributed by atoms with Crippen LogP contribution in [0, 0.1) is 0 Å². The van der Waals surface area contributed by atoms with Gasteiger partial charge in [0.25, 0.3) is 5.91 Å². The number of thiocarbonyl (C=S) groups is 1. The Bertz CT molecular complexity index is 511. The van der Waals surface area contributed by atoms with Crippen molar-refractivity contribution in [3.05, 3.63) is 29.8 Å². The summed E-state index contributed by atoms with van der Waals surface area (Å²) in [5.41, 5.74) is 6.31. The van der Waals surface area contributed by atoms with E-state index >= 15 is 0 Å². The molecule has 0 radical (unpaired) electrons. The van der Waals surface area contributed by atoms with Crippen molar-refractivity contribution in [3.63, 3.8) is 0 Å². The molecule has 1 heterocycles. The molecule has 1 aliphatic rings. The molecule has 1 atom stereocenters. The summed E-state index contributed by atoms with van der Waals surface area (Å²) in [5, 5.41) is 2.94. The molecule has 3 N–H and O–H groups in total. The van der Waals surface area contributed by atoms with Gasteiger partial charge in [-0.2, -0.15) is 11.8 Å². The quantitative estimate of drug-likeness (QED) is 0.785. The number of amides is 1. The highest BCUT2D eigenvalue weighted by molar-refractivity contribution is 8.00.